The third-order valence-electron chi connectivity index (χ3n) is 1.98. The van der Waals surface area contributed by atoms with E-state index in [0.717, 1.165) is 0 Å². The molecule has 3 N–H and O–H groups in total. The average molecular weight is 211 g/mol. The topological polar surface area (TPSA) is 95.1 Å². The van der Waals surface area contributed by atoms with Crippen LogP contribution in [0.4, 0.5) is 0 Å². The van der Waals surface area contributed by atoms with Gasteiger partial charge in [0.1, 0.15) is 6.04 Å². The molecule has 1 amide bonds. The van der Waals surface area contributed by atoms with Crippen LogP contribution in [0.25, 0.3) is 0 Å². The van der Waals surface area contributed by atoms with Crippen LogP contribution < -0.4 is 5.32 Å². The van der Waals surface area contributed by atoms with Crippen molar-refractivity contribution in [3.05, 3.63) is 18.0 Å². The van der Waals surface area contributed by atoms with Crippen molar-refractivity contribution in [1.29, 1.82) is 0 Å². The Morgan fingerprint density at radius 3 is 2.60 bits per heavy atom. The molecule has 0 aromatic carbocycles. The lowest BCUT2D eigenvalue weighted by molar-refractivity contribution is -0.140. The van der Waals surface area contributed by atoms with Crippen LogP contribution in [-0.2, 0) is 4.79 Å². The maximum atomic E-state index is 11.5. The fourth-order valence-corrected chi connectivity index (χ4v) is 1.11. The van der Waals surface area contributed by atoms with Crippen LogP contribution in [0.3, 0.4) is 0 Å². The molecule has 1 aromatic rings. The fourth-order valence-electron chi connectivity index (χ4n) is 1.11. The highest BCUT2D eigenvalue weighted by Gasteiger charge is 2.23. The van der Waals surface area contributed by atoms with E-state index in [2.05, 4.69) is 15.5 Å². The van der Waals surface area contributed by atoms with Gasteiger partial charge in [-0.15, -0.1) is 0 Å². The molecular formula is C9H13N3O3. The summed E-state index contributed by atoms with van der Waals surface area (Å²) in [5.41, 5.74) is 0.321. The first-order valence-electron chi connectivity index (χ1n) is 4.55. The second-order valence-corrected chi connectivity index (χ2v) is 3.52. The predicted molar refractivity (Wildman–Crippen MR) is 52.3 cm³/mol. The third kappa shape index (κ3) is 2.80. The molecule has 1 rings (SSSR count). The fraction of sp³-hybridized carbons (Fsp3) is 0.444. The highest BCUT2D eigenvalue weighted by molar-refractivity contribution is 5.96. The monoisotopic (exact) mass is 211 g/mol. The summed E-state index contributed by atoms with van der Waals surface area (Å²) in [5, 5.41) is 17.4. The first-order chi connectivity index (χ1) is 7.02. The molecule has 82 valence electrons. The normalized spacial score (nSPS) is 12.5. The standard InChI is InChI=1S/C9H13N3O3/c1-5(2)7(9(14)15)12-8(13)6-3-10-11-4-6/h3-5,7H,1-2H3,(H,10,11)(H,12,13)(H,14,15). The number of H-pyrrole nitrogens is 1. The van der Waals surface area contributed by atoms with Gasteiger partial charge in [0.15, 0.2) is 0 Å². The van der Waals surface area contributed by atoms with Crippen LogP contribution in [0, 0.1) is 5.92 Å². The molecule has 0 saturated heterocycles. The van der Waals surface area contributed by atoms with Crippen molar-refractivity contribution in [1.82, 2.24) is 15.5 Å². The number of carboxylic acid groups (broad SMARTS) is 1. The zero-order chi connectivity index (χ0) is 11.4. The van der Waals surface area contributed by atoms with Crippen LogP contribution in [0.2, 0.25) is 0 Å². The lowest BCUT2D eigenvalue weighted by atomic mass is 10.0. The number of hydrogen-bond acceptors (Lipinski definition) is 3. The van der Waals surface area contributed by atoms with E-state index in [-0.39, 0.29) is 5.92 Å². The first-order valence-corrected chi connectivity index (χ1v) is 4.55. The number of carbonyl (C=O) groups is 2. The first kappa shape index (κ1) is 11.2. The van der Waals surface area contributed by atoms with Crippen molar-refractivity contribution in [3.8, 4) is 0 Å². The van der Waals surface area contributed by atoms with Crippen molar-refractivity contribution in [3.63, 3.8) is 0 Å². The maximum Gasteiger partial charge on any atom is 0.326 e. The second-order valence-electron chi connectivity index (χ2n) is 3.52. The van der Waals surface area contributed by atoms with E-state index in [0.29, 0.717) is 5.56 Å². The average Bonchev–Trinajstić information content (AvgIpc) is 2.65. The maximum absolute atomic E-state index is 11.5. The summed E-state index contributed by atoms with van der Waals surface area (Å²) in [6.45, 7) is 3.46. The molecule has 1 atom stereocenters. The molecule has 1 unspecified atom stereocenters. The number of carboxylic acids is 1. The van der Waals surface area contributed by atoms with Crippen LogP contribution in [-0.4, -0.2) is 33.2 Å². The van der Waals surface area contributed by atoms with E-state index < -0.39 is 17.9 Å². The van der Waals surface area contributed by atoms with Gasteiger partial charge in [-0.25, -0.2) is 4.79 Å². The Kier molecular flexibility index (Phi) is 3.43. The summed E-state index contributed by atoms with van der Waals surface area (Å²) in [4.78, 5) is 22.3. The molecule has 6 nitrogen and oxygen atoms in total. The van der Waals surface area contributed by atoms with E-state index in [4.69, 9.17) is 5.11 Å². The predicted octanol–water partition coefficient (Wildman–Crippen LogP) is 0.249. The smallest absolute Gasteiger partial charge is 0.326 e. The molecule has 0 bridgehead atoms. The van der Waals surface area contributed by atoms with Crippen molar-refractivity contribution in [2.45, 2.75) is 19.9 Å². The van der Waals surface area contributed by atoms with E-state index in [1.807, 2.05) is 0 Å². The SMILES string of the molecule is CC(C)C(NC(=O)c1cn[nH]c1)C(=O)O. The molecule has 0 aliphatic rings. The molecule has 0 fully saturated rings. The molecule has 6 heteroatoms. The van der Waals surface area contributed by atoms with Crippen LogP contribution in [0.15, 0.2) is 12.4 Å². The quantitative estimate of drug-likeness (QED) is 0.665. The lowest BCUT2D eigenvalue weighted by Crippen LogP contribution is -2.44. The number of aliphatic carboxylic acids is 1. The van der Waals surface area contributed by atoms with Crippen LogP contribution >= 0.6 is 0 Å². The van der Waals surface area contributed by atoms with Gasteiger partial charge in [0.25, 0.3) is 5.91 Å². The largest absolute Gasteiger partial charge is 0.480 e. The Morgan fingerprint density at radius 2 is 2.20 bits per heavy atom. The van der Waals surface area contributed by atoms with Crippen LogP contribution in [0.5, 0.6) is 0 Å². The molecule has 0 radical (unpaired) electrons. The van der Waals surface area contributed by atoms with Crippen molar-refractivity contribution in [2.24, 2.45) is 5.92 Å². The van der Waals surface area contributed by atoms with Gasteiger partial charge in [-0.1, -0.05) is 13.8 Å². The Morgan fingerprint density at radius 1 is 1.53 bits per heavy atom. The molecule has 0 aliphatic carbocycles. The highest BCUT2D eigenvalue weighted by atomic mass is 16.4. The third-order valence-corrected chi connectivity index (χ3v) is 1.98. The molecule has 0 spiro atoms. The number of hydrogen-bond donors (Lipinski definition) is 3. The minimum Gasteiger partial charge on any atom is -0.480 e. The van der Waals surface area contributed by atoms with Crippen LogP contribution in [0.1, 0.15) is 24.2 Å². The molecule has 0 aliphatic heterocycles. The van der Waals surface area contributed by atoms with Gasteiger partial charge >= 0.3 is 5.97 Å². The molecule has 1 heterocycles. The van der Waals surface area contributed by atoms with Crippen molar-refractivity contribution >= 4 is 11.9 Å². The number of aromatic nitrogens is 2. The summed E-state index contributed by atoms with van der Waals surface area (Å²) in [6.07, 6.45) is 2.75. The highest BCUT2D eigenvalue weighted by Crippen LogP contribution is 2.03. The zero-order valence-corrected chi connectivity index (χ0v) is 8.52. The minimum atomic E-state index is -1.04. The molecule has 0 saturated carbocycles. The Hall–Kier alpha value is -1.85. The summed E-state index contributed by atoms with van der Waals surface area (Å²) in [5.74, 6) is -1.65. The number of rotatable bonds is 4. The van der Waals surface area contributed by atoms with E-state index in [9.17, 15) is 9.59 Å². The lowest BCUT2D eigenvalue weighted by Gasteiger charge is -2.17. The molecule has 15 heavy (non-hydrogen) atoms. The van der Waals surface area contributed by atoms with Gasteiger partial charge in [0, 0.05) is 6.20 Å². The van der Waals surface area contributed by atoms with Gasteiger partial charge in [0.2, 0.25) is 0 Å². The Bertz CT molecular complexity index is 345. The number of nitrogens with one attached hydrogen (secondary N) is 2. The van der Waals surface area contributed by atoms with E-state index in [1.54, 1.807) is 13.8 Å². The summed E-state index contributed by atoms with van der Waals surface area (Å²) in [6, 6.07) is -0.882. The van der Waals surface area contributed by atoms with Gasteiger partial charge < -0.3 is 10.4 Å². The van der Waals surface area contributed by atoms with Gasteiger partial charge in [0.05, 0.1) is 11.8 Å². The second kappa shape index (κ2) is 4.59. The minimum absolute atomic E-state index is 0.168. The Labute approximate surface area is 86.7 Å². The van der Waals surface area contributed by atoms with Gasteiger partial charge in [-0.05, 0) is 5.92 Å². The van der Waals surface area contributed by atoms with E-state index >= 15 is 0 Å². The van der Waals surface area contributed by atoms with Gasteiger partial charge in [-0.3, -0.25) is 9.89 Å². The number of aromatic amines is 1. The number of amides is 1. The molecular weight excluding hydrogens is 198 g/mol. The van der Waals surface area contributed by atoms with E-state index in [1.165, 1.54) is 12.4 Å². The summed E-state index contributed by atoms with van der Waals surface area (Å²) < 4.78 is 0. The Balaban J connectivity index is 2.67. The molecule has 1 aromatic heterocycles. The number of carbonyl (C=O) groups excluding carboxylic acids is 1. The van der Waals surface area contributed by atoms with Gasteiger partial charge in [-0.2, -0.15) is 5.10 Å². The van der Waals surface area contributed by atoms with Crippen molar-refractivity contribution in [2.75, 3.05) is 0 Å². The summed E-state index contributed by atoms with van der Waals surface area (Å²) >= 11 is 0. The zero-order valence-electron chi connectivity index (χ0n) is 8.52. The number of nitrogens with zero attached hydrogens (tertiary/aromatic N) is 1. The van der Waals surface area contributed by atoms with Crippen molar-refractivity contribution < 1.29 is 14.7 Å². The summed E-state index contributed by atoms with van der Waals surface area (Å²) in [7, 11) is 0.